The fraction of sp³-hybridized carbons (Fsp3) is 0.455. The Balaban J connectivity index is 1.68. The molecule has 0 amide bonds. The summed E-state index contributed by atoms with van der Waals surface area (Å²) in [5.74, 6) is 0.932. The van der Waals surface area contributed by atoms with Gasteiger partial charge < -0.3 is 18.9 Å². The number of nitrogens with one attached hydrogen (secondary N) is 2. The molecule has 0 aliphatic carbocycles. The van der Waals surface area contributed by atoms with E-state index in [0.717, 1.165) is 63.8 Å². The fourth-order valence-corrected chi connectivity index (χ4v) is 3.95. The summed E-state index contributed by atoms with van der Waals surface area (Å²) in [6.45, 7) is 11.7. The van der Waals surface area contributed by atoms with Crippen LogP contribution < -0.4 is 16.3 Å². The molecule has 154 valence electrons. The summed E-state index contributed by atoms with van der Waals surface area (Å²) < 4.78 is 17.8. The summed E-state index contributed by atoms with van der Waals surface area (Å²) in [5.41, 5.74) is 9.32. The number of aryl methyl sites for hydroxylation is 4. The van der Waals surface area contributed by atoms with Crippen LogP contribution in [0.2, 0.25) is 0 Å². The molecular weight excluding hydrogens is 386 g/mol. The molecule has 0 saturated carbocycles. The second-order valence-corrected chi connectivity index (χ2v) is 8.17. The van der Waals surface area contributed by atoms with E-state index in [0.29, 0.717) is 17.2 Å². The molecule has 1 aliphatic heterocycles. The maximum Gasteiger partial charge on any atom is 0.239 e. The maximum absolute atomic E-state index is 6.19. The number of furan rings is 1. The third kappa shape index (κ3) is 3.65. The number of benzene rings is 1. The summed E-state index contributed by atoms with van der Waals surface area (Å²) >= 11 is 5.34. The van der Waals surface area contributed by atoms with Gasteiger partial charge in [0.15, 0.2) is 5.11 Å². The van der Waals surface area contributed by atoms with Crippen molar-refractivity contribution in [3.63, 3.8) is 0 Å². The zero-order valence-corrected chi connectivity index (χ0v) is 18.4. The van der Waals surface area contributed by atoms with Crippen LogP contribution in [0.1, 0.15) is 40.9 Å². The monoisotopic (exact) mass is 413 g/mol. The van der Waals surface area contributed by atoms with E-state index in [-0.39, 0.29) is 6.10 Å². The molecule has 1 aromatic carbocycles. The van der Waals surface area contributed by atoms with Crippen molar-refractivity contribution >= 4 is 39.3 Å². The number of rotatable bonds is 3. The molecule has 0 radical (unpaired) electrons. The van der Waals surface area contributed by atoms with Crippen molar-refractivity contribution in [3.8, 4) is 0 Å². The normalized spacial score (nSPS) is 17.4. The number of thiocarbonyl (C=S) groups is 1. The first-order valence-electron chi connectivity index (χ1n) is 9.99. The van der Waals surface area contributed by atoms with Crippen LogP contribution in [-0.2, 0) is 4.74 Å². The van der Waals surface area contributed by atoms with Gasteiger partial charge in [-0.2, -0.15) is 0 Å². The Hall–Kier alpha value is -2.38. The van der Waals surface area contributed by atoms with E-state index in [1.54, 1.807) is 0 Å². The van der Waals surface area contributed by atoms with E-state index in [4.69, 9.17) is 25.8 Å². The lowest BCUT2D eigenvalue weighted by Crippen LogP contribution is -2.38. The molecule has 1 saturated heterocycles. The molecule has 1 atom stereocenters. The van der Waals surface area contributed by atoms with E-state index in [1.807, 2.05) is 20.8 Å². The summed E-state index contributed by atoms with van der Waals surface area (Å²) in [7, 11) is 0. The molecule has 0 bridgehead atoms. The van der Waals surface area contributed by atoms with Crippen molar-refractivity contribution in [3.05, 3.63) is 39.6 Å². The minimum Gasteiger partial charge on any atom is -0.461 e. The van der Waals surface area contributed by atoms with E-state index in [9.17, 15) is 0 Å². The van der Waals surface area contributed by atoms with Gasteiger partial charge in [-0.1, -0.05) is 0 Å². The molecule has 0 unspecified atom stereocenters. The van der Waals surface area contributed by atoms with Crippen LogP contribution in [0.4, 0.5) is 0 Å². The van der Waals surface area contributed by atoms with Gasteiger partial charge >= 0.3 is 0 Å². The average molecular weight is 414 g/mol. The standard InChI is InChI=1S/C22H27N3O3S/c1-11-12(2)21(24-25-22(29)23-10-16-7-6-8-26-16)28-20-14(4)19-18(9-17(11)20)13(3)15(5)27-19/h9,16H,6-8,10H2,1-5H3,(H2,23,25,29)/b24-21-/t16-/m1/s1. The summed E-state index contributed by atoms with van der Waals surface area (Å²) in [5, 5.41) is 10.2. The largest absolute Gasteiger partial charge is 0.461 e. The quantitative estimate of drug-likeness (QED) is 0.496. The van der Waals surface area contributed by atoms with E-state index in [2.05, 4.69) is 35.8 Å². The maximum atomic E-state index is 6.19. The number of hydrogen-bond acceptors (Lipinski definition) is 5. The highest BCUT2D eigenvalue weighted by molar-refractivity contribution is 7.80. The Morgan fingerprint density at radius 3 is 2.48 bits per heavy atom. The molecule has 1 fully saturated rings. The second kappa shape index (κ2) is 7.80. The summed E-state index contributed by atoms with van der Waals surface area (Å²) in [6, 6.07) is 2.15. The van der Waals surface area contributed by atoms with Crippen molar-refractivity contribution in [1.29, 1.82) is 0 Å². The number of hydrogen-bond donors (Lipinski definition) is 2. The van der Waals surface area contributed by atoms with Crippen molar-refractivity contribution < 1.29 is 13.6 Å². The van der Waals surface area contributed by atoms with Crippen molar-refractivity contribution in [2.75, 3.05) is 13.2 Å². The van der Waals surface area contributed by atoms with Gasteiger partial charge in [-0.15, -0.1) is 5.10 Å². The minimum atomic E-state index is 0.217. The third-order valence-electron chi connectivity index (χ3n) is 5.91. The fourth-order valence-electron chi connectivity index (χ4n) is 3.82. The van der Waals surface area contributed by atoms with Gasteiger partial charge in [-0.3, -0.25) is 5.43 Å². The number of nitrogens with zero attached hydrogens (tertiary/aromatic N) is 1. The lowest BCUT2D eigenvalue weighted by molar-refractivity contribution is 0.114. The Morgan fingerprint density at radius 1 is 1.03 bits per heavy atom. The molecule has 1 aliphatic rings. The predicted octanol–water partition coefficient (Wildman–Crippen LogP) is 4.18. The van der Waals surface area contributed by atoms with Crippen LogP contribution >= 0.6 is 12.2 Å². The SMILES string of the molecule is Cc1oc2c(C)c3o/c(=N\NC(=S)NC[C@H]4CCCO4)c(C)c(C)c3cc2c1C. The first-order valence-corrected chi connectivity index (χ1v) is 10.4. The molecule has 7 heteroatoms. The van der Waals surface area contributed by atoms with Gasteiger partial charge in [0.1, 0.15) is 16.9 Å². The van der Waals surface area contributed by atoms with Crippen molar-refractivity contribution in [1.82, 2.24) is 10.7 Å². The number of ether oxygens (including phenoxy) is 1. The first kappa shape index (κ1) is 19.9. The molecule has 29 heavy (non-hydrogen) atoms. The highest BCUT2D eigenvalue weighted by Gasteiger charge is 2.17. The average Bonchev–Trinajstić information content (AvgIpc) is 3.32. The van der Waals surface area contributed by atoms with Gasteiger partial charge in [-0.05, 0) is 76.9 Å². The van der Waals surface area contributed by atoms with Crippen LogP contribution in [0.25, 0.3) is 21.9 Å². The second-order valence-electron chi connectivity index (χ2n) is 7.76. The Labute approximate surface area is 175 Å². The first-order chi connectivity index (χ1) is 13.9. The van der Waals surface area contributed by atoms with Crippen LogP contribution in [0.3, 0.4) is 0 Å². The van der Waals surface area contributed by atoms with Crippen molar-refractivity contribution in [2.45, 2.75) is 53.6 Å². The highest BCUT2D eigenvalue weighted by atomic mass is 32.1. The minimum absolute atomic E-state index is 0.217. The van der Waals surface area contributed by atoms with E-state index in [1.165, 1.54) is 5.56 Å². The lowest BCUT2D eigenvalue weighted by Gasteiger charge is -2.12. The zero-order chi connectivity index (χ0) is 20.7. The zero-order valence-electron chi connectivity index (χ0n) is 17.6. The molecule has 0 spiro atoms. The van der Waals surface area contributed by atoms with Gasteiger partial charge in [0, 0.05) is 35.1 Å². The third-order valence-corrected chi connectivity index (χ3v) is 6.14. The topological polar surface area (TPSA) is 71.9 Å². The molecule has 4 rings (SSSR count). The molecular formula is C22H27N3O3S. The lowest BCUT2D eigenvalue weighted by atomic mass is 10.0. The highest BCUT2D eigenvalue weighted by Crippen LogP contribution is 2.34. The van der Waals surface area contributed by atoms with Gasteiger partial charge in [0.25, 0.3) is 0 Å². The van der Waals surface area contributed by atoms with Gasteiger partial charge in [0.2, 0.25) is 5.55 Å². The van der Waals surface area contributed by atoms with E-state index >= 15 is 0 Å². The molecule has 2 aromatic heterocycles. The smallest absolute Gasteiger partial charge is 0.239 e. The predicted molar refractivity (Wildman–Crippen MR) is 118 cm³/mol. The summed E-state index contributed by atoms with van der Waals surface area (Å²) in [4.78, 5) is 0. The Bertz CT molecular complexity index is 1170. The molecule has 3 aromatic rings. The Kier molecular flexibility index (Phi) is 5.36. The van der Waals surface area contributed by atoms with Crippen LogP contribution in [0, 0.1) is 34.6 Å². The van der Waals surface area contributed by atoms with Crippen molar-refractivity contribution in [2.24, 2.45) is 5.10 Å². The number of fused-ring (bicyclic) bond motifs is 2. The van der Waals surface area contributed by atoms with Crippen LogP contribution in [0.15, 0.2) is 20.0 Å². The van der Waals surface area contributed by atoms with Gasteiger partial charge in [0.05, 0.1) is 6.10 Å². The van der Waals surface area contributed by atoms with Crippen LogP contribution in [0.5, 0.6) is 0 Å². The van der Waals surface area contributed by atoms with E-state index < -0.39 is 0 Å². The molecule has 6 nitrogen and oxygen atoms in total. The van der Waals surface area contributed by atoms with Crippen LogP contribution in [-0.4, -0.2) is 24.4 Å². The Morgan fingerprint density at radius 2 is 1.76 bits per heavy atom. The molecule has 2 N–H and O–H groups in total. The summed E-state index contributed by atoms with van der Waals surface area (Å²) in [6.07, 6.45) is 2.38. The van der Waals surface area contributed by atoms with Gasteiger partial charge in [-0.25, -0.2) is 0 Å². The molecule has 3 heterocycles.